The maximum Gasteiger partial charge on any atom is 0.306 e. The zero-order chi connectivity index (χ0) is 23.3. The standard InChI is InChI=1S/C27H44O5/c1-2-3-4-5-6-7-8-9-10-11-12-13-14-16-24-17-15-18-25(23-24)31-21-22-32-27(30)20-19-26(28)29/h15,17-18,23H,2-14,16,19-22H2,1H3,(H,28,29). The Bertz CT molecular complexity index is 614. The molecule has 1 rings (SSSR count). The van der Waals surface area contributed by atoms with Gasteiger partial charge in [0.1, 0.15) is 19.0 Å². The minimum atomic E-state index is -1.00. The van der Waals surface area contributed by atoms with Crippen molar-refractivity contribution in [1.82, 2.24) is 0 Å². The predicted molar refractivity (Wildman–Crippen MR) is 129 cm³/mol. The number of rotatable bonds is 21. The number of carboxylic acids is 1. The molecular weight excluding hydrogens is 404 g/mol. The number of unbranched alkanes of at least 4 members (excludes halogenated alkanes) is 12. The molecule has 0 atom stereocenters. The zero-order valence-electron chi connectivity index (χ0n) is 20.1. The van der Waals surface area contributed by atoms with E-state index in [0.717, 1.165) is 12.2 Å². The zero-order valence-corrected chi connectivity index (χ0v) is 20.1. The van der Waals surface area contributed by atoms with E-state index in [-0.39, 0.29) is 26.1 Å². The Hall–Kier alpha value is -2.04. The third-order valence-corrected chi connectivity index (χ3v) is 5.63. The van der Waals surface area contributed by atoms with Gasteiger partial charge >= 0.3 is 11.9 Å². The first-order valence-electron chi connectivity index (χ1n) is 12.7. The van der Waals surface area contributed by atoms with E-state index in [2.05, 4.69) is 13.0 Å². The van der Waals surface area contributed by atoms with Gasteiger partial charge in [0.05, 0.1) is 12.8 Å². The van der Waals surface area contributed by atoms with E-state index in [1.807, 2.05) is 18.2 Å². The summed E-state index contributed by atoms with van der Waals surface area (Å²) in [6.07, 6.45) is 18.4. The van der Waals surface area contributed by atoms with Crippen molar-refractivity contribution in [3.05, 3.63) is 29.8 Å². The van der Waals surface area contributed by atoms with Crippen LogP contribution in [0.5, 0.6) is 5.75 Å². The van der Waals surface area contributed by atoms with Gasteiger partial charge in [-0.1, -0.05) is 96.1 Å². The van der Waals surface area contributed by atoms with E-state index >= 15 is 0 Å². The molecule has 5 heteroatoms. The van der Waals surface area contributed by atoms with Crippen molar-refractivity contribution in [2.24, 2.45) is 0 Å². The molecule has 0 aromatic heterocycles. The number of esters is 1. The summed E-state index contributed by atoms with van der Waals surface area (Å²) in [7, 11) is 0. The first-order valence-corrected chi connectivity index (χ1v) is 12.7. The summed E-state index contributed by atoms with van der Waals surface area (Å²) in [4.78, 5) is 21.8. The van der Waals surface area contributed by atoms with Crippen molar-refractivity contribution in [1.29, 1.82) is 0 Å². The van der Waals surface area contributed by atoms with E-state index in [4.69, 9.17) is 14.6 Å². The third kappa shape index (κ3) is 16.6. The Morgan fingerprint density at radius 3 is 1.97 bits per heavy atom. The second-order valence-electron chi connectivity index (χ2n) is 8.60. The molecule has 182 valence electrons. The molecule has 0 unspecified atom stereocenters. The molecule has 0 heterocycles. The summed E-state index contributed by atoms with van der Waals surface area (Å²) in [5.74, 6) is -0.732. The van der Waals surface area contributed by atoms with Crippen LogP contribution in [0.1, 0.15) is 109 Å². The van der Waals surface area contributed by atoms with Gasteiger partial charge in [0.15, 0.2) is 0 Å². The van der Waals surface area contributed by atoms with Crippen molar-refractivity contribution in [3.8, 4) is 5.75 Å². The highest BCUT2D eigenvalue weighted by molar-refractivity contribution is 5.76. The van der Waals surface area contributed by atoms with E-state index < -0.39 is 11.9 Å². The van der Waals surface area contributed by atoms with E-state index in [1.165, 1.54) is 89.0 Å². The lowest BCUT2D eigenvalue weighted by Crippen LogP contribution is -2.13. The number of aliphatic carboxylic acids is 1. The number of carbonyl (C=O) groups excluding carboxylic acids is 1. The number of benzene rings is 1. The van der Waals surface area contributed by atoms with Gasteiger partial charge < -0.3 is 14.6 Å². The van der Waals surface area contributed by atoms with Crippen LogP contribution in [-0.4, -0.2) is 30.3 Å². The fourth-order valence-electron chi connectivity index (χ4n) is 3.73. The molecular formula is C27H44O5. The molecule has 0 fully saturated rings. The molecule has 0 amide bonds. The maximum atomic E-state index is 11.4. The van der Waals surface area contributed by atoms with Gasteiger partial charge in [-0.15, -0.1) is 0 Å². The number of hydrogen-bond donors (Lipinski definition) is 1. The van der Waals surface area contributed by atoms with E-state index in [9.17, 15) is 9.59 Å². The summed E-state index contributed by atoms with van der Waals surface area (Å²) in [5, 5.41) is 8.55. The van der Waals surface area contributed by atoms with E-state index in [1.54, 1.807) is 0 Å². The first kappa shape index (κ1) is 28.0. The van der Waals surface area contributed by atoms with Gasteiger partial charge in [0.2, 0.25) is 0 Å². The molecule has 0 spiro atoms. The van der Waals surface area contributed by atoms with Crippen molar-refractivity contribution in [3.63, 3.8) is 0 Å². The Morgan fingerprint density at radius 2 is 1.38 bits per heavy atom. The predicted octanol–water partition coefficient (Wildman–Crippen LogP) is 7.11. The third-order valence-electron chi connectivity index (χ3n) is 5.63. The van der Waals surface area contributed by atoms with Gasteiger partial charge in [-0.3, -0.25) is 9.59 Å². The molecule has 0 saturated heterocycles. The van der Waals surface area contributed by atoms with Crippen LogP contribution in [0.3, 0.4) is 0 Å². The second-order valence-corrected chi connectivity index (χ2v) is 8.60. The van der Waals surface area contributed by atoms with E-state index in [0.29, 0.717) is 0 Å². The fraction of sp³-hybridized carbons (Fsp3) is 0.704. The number of hydrogen-bond acceptors (Lipinski definition) is 4. The lowest BCUT2D eigenvalue weighted by atomic mass is 10.0. The molecule has 0 aliphatic carbocycles. The van der Waals surface area contributed by atoms with Crippen molar-refractivity contribution in [2.45, 2.75) is 110 Å². The van der Waals surface area contributed by atoms with Crippen LogP contribution in [0.25, 0.3) is 0 Å². The first-order chi connectivity index (χ1) is 15.6. The van der Waals surface area contributed by atoms with Crippen LogP contribution >= 0.6 is 0 Å². The topological polar surface area (TPSA) is 72.8 Å². The second kappa shape index (κ2) is 19.6. The molecule has 0 saturated carbocycles. The normalized spacial score (nSPS) is 10.8. The smallest absolute Gasteiger partial charge is 0.306 e. The van der Waals surface area contributed by atoms with Gasteiger partial charge in [0, 0.05) is 0 Å². The van der Waals surface area contributed by atoms with Crippen molar-refractivity contribution in [2.75, 3.05) is 13.2 Å². The van der Waals surface area contributed by atoms with Gasteiger partial charge in [-0.2, -0.15) is 0 Å². The molecule has 0 aliphatic rings. The number of carbonyl (C=O) groups is 2. The largest absolute Gasteiger partial charge is 0.490 e. The Morgan fingerprint density at radius 1 is 0.781 bits per heavy atom. The van der Waals surface area contributed by atoms with Gasteiger partial charge in [-0.25, -0.2) is 0 Å². The lowest BCUT2D eigenvalue weighted by molar-refractivity contribution is -0.148. The van der Waals surface area contributed by atoms with Crippen molar-refractivity contribution >= 4 is 11.9 Å². The lowest BCUT2D eigenvalue weighted by Gasteiger charge is -2.09. The maximum absolute atomic E-state index is 11.4. The highest BCUT2D eigenvalue weighted by atomic mass is 16.6. The van der Waals surface area contributed by atoms with Crippen LogP contribution < -0.4 is 4.74 Å². The molecule has 32 heavy (non-hydrogen) atoms. The van der Waals surface area contributed by atoms with Crippen LogP contribution in [0.2, 0.25) is 0 Å². The molecule has 1 aromatic rings. The van der Waals surface area contributed by atoms with Crippen LogP contribution in [0.4, 0.5) is 0 Å². The van der Waals surface area contributed by atoms with Crippen molar-refractivity contribution < 1.29 is 24.2 Å². The quantitative estimate of drug-likeness (QED) is 0.160. The highest BCUT2D eigenvalue weighted by Gasteiger charge is 2.06. The summed E-state index contributed by atoms with van der Waals surface area (Å²) < 4.78 is 10.6. The average molecular weight is 449 g/mol. The Labute approximate surface area is 194 Å². The van der Waals surface area contributed by atoms with Gasteiger partial charge in [-0.05, 0) is 30.5 Å². The molecule has 0 aliphatic heterocycles. The molecule has 5 nitrogen and oxygen atoms in total. The summed E-state index contributed by atoms with van der Waals surface area (Å²) in [6, 6.07) is 8.07. The molecule has 0 radical (unpaired) electrons. The minimum absolute atomic E-state index is 0.107. The summed E-state index contributed by atoms with van der Waals surface area (Å²) in [5.41, 5.74) is 1.27. The van der Waals surface area contributed by atoms with Crippen LogP contribution in [-0.2, 0) is 20.7 Å². The Kier molecular flexibility index (Phi) is 17.2. The monoisotopic (exact) mass is 448 g/mol. The molecule has 1 aromatic carbocycles. The Balaban J connectivity index is 2.00. The average Bonchev–Trinajstić information content (AvgIpc) is 2.78. The highest BCUT2D eigenvalue weighted by Crippen LogP contribution is 2.17. The van der Waals surface area contributed by atoms with Gasteiger partial charge in [0.25, 0.3) is 0 Å². The van der Waals surface area contributed by atoms with Crippen LogP contribution in [0.15, 0.2) is 24.3 Å². The molecule has 1 N–H and O–H groups in total. The number of ether oxygens (including phenoxy) is 2. The number of aryl methyl sites for hydroxylation is 1. The SMILES string of the molecule is CCCCCCCCCCCCCCCc1cccc(OCCOC(=O)CCC(=O)O)c1. The van der Waals surface area contributed by atoms with Crippen LogP contribution in [0, 0.1) is 0 Å². The number of carboxylic acid groups (broad SMARTS) is 1. The summed E-state index contributed by atoms with van der Waals surface area (Å²) >= 11 is 0. The summed E-state index contributed by atoms with van der Waals surface area (Å²) in [6.45, 7) is 2.66. The molecule has 0 bridgehead atoms. The fourth-order valence-corrected chi connectivity index (χ4v) is 3.73. The minimum Gasteiger partial charge on any atom is -0.490 e.